The lowest BCUT2D eigenvalue weighted by atomic mass is 10.1. The third-order valence-electron chi connectivity index (χ3n) is 5.26. The van der Waals surface area contributed by atoms with Crippen LogP contribution in [0.3, 0.4) is 0 Å². The number of halogens is 1. The number of aromatic amines is 1. The maximum Gasteiger partial charge on any atom is 0.407 e. The van der Waals surface area contributed by atoms with Crippen molar-refractivity contribution in [3.8, 4) is 5.88 Å². The number of rotatable bonds is 6. The van der Waals surface area contributed by atoms with Crippen LogP contribution in [0.5, 0.6) is 5.88 Å². The Morgan fingerprint density at radius 3 is 2.97 bits per heavy atom. The quantitative estimate of drug-likeness (QED) is 0.575. The van der Waals surface area contributed by atoms with Crippen LogP contribution in [0.1, 0.15) is 52.1 Å². The van der Waals surface area contributed by atoms with Gasteiger partial charge in [-0.2, -0.15) is 0 Å². The minimum atomic E-state index is -0.521. The first-order valence-corrected chi connectivity index (χ1v) is 11.0. The summed E-state index contributed by atoms with van der Waals surface area (Å²) in [6.07, 6.45) is 3.43. The molecule has 1 aliphatic rings. The standard InChI is InChI=1S/C23H29FN6O3/c1-14(33-22(31)29-23(2,3)4)12-32-21-16(10-15(24)11-25-21)18-6-5-9-30(18)19-8-7-17-20(28-19)27-13-26-17/h7-8,10-11,13-14,18H,5-6,9,12H2,1-4H3,(H,29,31)(H,26,27,28)/t14-,18?/m0/s1. The van der Waals surface area contributed by atoms with Crippen LogP contribution >= 0.6 is 0 Å². The van der Waals surface area contributed by atoms with Crippen LogP contribution in [-0.4, -0.2) is 50.8 Å². The summed E-state index contributed by atoms with van der Waals surface area (Å²) >= 11 is 0. The average molecular weight is 457 g/mol. The summed E-state index contributed by atoms with van der Waals surface area (Å²) in [5.41, 5.74) is 1.73. The van der Waals surface area contributed by atoms with Crippen LogP contribution in [0, 0.1) is 5.82 Å². The molecule has 1 aliphatic heterocycles. The average Bonchev–Trinajstić information content (AvgIpc) is 3.40. The molecule has 1 saturated heterocycles. The van der Waals surface area contributed by atoms with E-state index in [0.717, 1.165) is 36.9 Å². The first-order valence-electron chi connectivity index (χ1n) is 11.0. The Labute approximate surface area is 191 Å². The predicted molar refractivity (Wildman–Crippen MR) is 122 cm³/mol. The van der Waals surface area contributed by atoms with Crippen molar-refractivity contribution >= 4 is 23.1 Å². The lowest BCUT2D eigenvalue weighted by molar-refractivity contribution is 0.0689. The SMILES string of the molecule is C[C@@H](COc1ncc(F)cc1C1CCCN1c1ccc2[nH]cnc2n1)OC(=O)NC(C)(C)C. The number of pyridine rings is 2. The fourth-order valence-corrected chi connectivity index (χ4v) is 3.89. The second-order valence-electron chi connectivity index (χ2n) is 9.24. The number of fused-ring (bicyclic) bond motifs is 1. The van der Waals surface area contributed by atoms with Gasteiger partial charge < -0.3 is 24.7 Å². The smallest absolute Gasteiger partial charge is 0.407 e. The number of ether oxygens (including phenoxy) is 2. The first-order chi connectivity index (χ1) is 15.7. The van der Waals surface area contributed by atoms with E-state index < -0.39 is 23.6 Å². The van der Waals surface area contributed by atoms with Gasteiger partial charge in [0.2, 0.25) is 5.88 Å². The maximum absolute atomic E-state index is 14.2. The summed E-state index contributed by atoms with van der Waals surface area (Å²) in [6.45, 7) is 8.21. The van der Waals surface area contributed by atoms with Crippen molar-refractivity contribution < 1.29 is 18.7 Å². The zero-order chi connectivity index (χ0) is 23.6. The number of aromatic nitrogens is 4. The molecule has 33 heavy (non-hydrogen) atoms. The van der Waals surface area contributed by atoms with Gasteiger partial charge >= 0.3 is 6.09 Å². The summed E-state index contributed by atoms with van der Waals surface area (Å²) in [6, 6.07) is 5.17. The number of H-pyrrole nitrogens is 1. The molecule has 0 saturated carbocycles. The monoisotopic (exact) mass is 456 g/mol. The molecule has 2 N–H and O–H groups in total. The molecular weight excluding hydrogens is 427 g/mol. The fourth-order valence-electron chi connectivity index (χ4n) is 3.89. The molecule has 4 heterocycles. The predicted octanol–water partition coefficient (Wildman–Crippen LogP) is 4.13. The fraction of sp³-hybridized carbons (Fsp3) is 0.478. The molecule has 1 unspecified atom stereocenters. The number of alkyl carbamates (subject to hydrolysis) is 1. The molecule has 0 bridgehead atoms. The molecule has 3 aromatic rings. The number of imidazole rings is 1. The highest BCUT2D eigenvalue weighted by molar-refractivity contribution is 5.72. The van der Waals surface area contributed by atoms with Gasteiger partial charge in [0.15, 0.2) is 5.65 Å². The molecule has 10 heteroatoms. The van der Waals surface area contributed by atoms with E-state index in [1.165, 1.54) is 6.07 Å². The van der Waals surface area contributed by atoms with Gasteiger partial charge in [0.25, 0.3) is 0 Å². The molecular formula is C23H29FN6O3. The second kappa shape index (κ2) is 9.21. The van der Waals surface area contributed by atoms with Gasteiger partial charge in [0.1, 0.15) is 24.3 Å². The number of hydrogen-bond donors (Lipinski definition) is 2. The second-order valence-corrected chi connectivity index (χ2v) is 9.24. The molecule has 3 aromatic heterocycles. The van der Waals surface area contributed by atoms with Gasteiger partial charge in [-0.05, 0) is 58.7 Å². The Bertz CT molecular complexity index is 1130. The number of nitrogens with zero attached hydrogens (tertiary/aromatic N) is 4. The van der Waals surface area contributed by atoms with Gasteiger partial charge in [0.05, 0.1) is 24.1 Å². The van der Waals surface area contributed by atoms with Crippen molar-refractivity contribution in [1.82, 2.24) is 25.3 Å². The van der Waals surface area contributed by atoms with Crippen LogP contribution in [0.4, 0.5) is 15.0 Å². The summed E-state index contributed by atoms with van der Waals surface area (Å²) < 4.78 is 25.4. The molecule has 0 aliphatic carbocycles. The van der Waals surface area contributed by atoms with E-state index in [9.17, 15) is 9.18 Å². The van der Waals surface area contributed by atoms with Gasteiger partial charge in [-0.3, -0.25) is 0 Å². The van der Waals surface area contributed by atoms with E-state index in [-0.39, 0.29) is 12.6 Å². The summed E-state index contributed by atoms with van der Waals surface area (Å²) in [5.74, 6) is 0.650. The lowest BCUT2D eigenvalue weighted by Crippen LogP contribution is -2.42. The number of amides is 1. The highest BCUT2D eigenvalue weighted by Gasteiger charge is 2.31. The highest BCUT2D eigenvalue weighted by atomic mass is 19.1. The van der Waals surface area contributed by atoms with Gasteiger partial charge in [0, 0.05) is 17.6 Å². The molecule has 4 rings (SSSR count). The van der Waals surface area contributed by atoms with E-state index in [0.29, 0.717) is 17.1 Å². The first kappa shape index (κ1) is 22.8. The van der Waals surface area contributed by atoms with Crippen molar-refractivity contribution in [1.29, 1.82) is 0 Å². The number of nitrogens with one attached hydrogen (secondary N) is 2. The molecule has 0 spiro atoms. The van der Waals surface area contributed by atoms with E-state index in [2.05, 4.69) is 30.2 Å². The van der Waals surface area contributed by atoms with Crippen LogP contribution in [0.15, 0.2) is 30.7 Å². The van der Waals surface area contributed by atoms with E-state index in [1.54, 1.807) is 13.3 Å². The molecule has 1 fully saturated rings. The van der Waals surface area contributed by atoms with Crippen molar-refractivity contribution in [3.63, 3.8) is 0 Å². The number of carbonyl (C=O) groups excluding carboxylic acids is 1. The third kappa shape index (κ3) is 5.50. The van der Waals surface area contributed by atoms with Crippen molar-refractivity contribution in [2.45, 2.75) is 58.2 Å². The largest absolute Gasteiger partial charge is 0.473 e. The molecule has 9 nitrogen and oxygen atoms in total. The molecule has 2 atom stereocenters. The molecule has 0 aromatic carbocycles. The highest BCUT2D eigenvalue weighted by Crippen LogP contribution is 2.39. The molecule has 1 amide bonds. The zero-order valence-corrected chi connectivity index (χ0v) is 19.3. The van der Waals surface area contributed by atoms with Crippen molar-refractivity contribution in [3.05, 3.63) is 42.1 Å². The third-order valence-corrected chi connectivity index (χ3v) is 5.26. The molecule has 0 radical (unpaired) electrons. The lowest BCUT2D eigenvalue weighted by Gasteiger charge is -2.27. The molecule has 176 valence electrons. The Morgan fingerprint density at radius 2 is 2.18 bits per heavy atom. The minimum absolute atomic E-state index is 0.0907. The Kier molecular flexibility index (Phi) is 6.35. The van der Waals surface area contributed by atoms with Gasteiger partial charge in [-0.15, -0.1) is 0 Å². The number of hydrogen-bond acceptors (Lipinski definition) is 7. The van der Waals surface area contributed by atoms with Crippen LogP contribution in [-0.2, 0) is 4.74 Å². The topological polar surface area (TPSA) is 105 Å². The van der Waals surface area contributed by atoms with Crippen LogP contribution < -0.4 is 15.0 Å². The van der Waals surface area contributed by atoms with E-state index in [1.807, 2.05) is 32.9 Å². The van der Waals surface area contributed by atoms with Crippen molar-refractivity contribution in [2.75, 3.05) is 18.1 Å². The summed E-state index contributed by atoms with van der Waals surface area (Å²) in [7, 11) is 0. The van der Waals surface area contributed by atoms with Crippen molar-refractivity contribution in [2.24, 2.45) is 0 Å². The van der Waals surface area contributed by atoms with Gasteiger partial charge in [-0.1, -0.05) is 0 Å². The van der Waals surface area contributed by atoms with E-state index in [4.69, 9.17) is 9.47 Å². The number of anilines is 1. The maximum atomic E-state index is 14.2. The number of carbonyl (C=O) groups is 1. The zero-order valence-electron chi connectivity index (χ0n) is 19.3. The normalized spacial score (nSPS) is 17.2. The summed E-state index contributed by atoms with van der Waals surface area (Å²) in [5, 5.41) is 2.74. The Morgan fingerprint density at radius 1 is 1.36 bits per heavy atom. The Balaban J connectivity index is 1.49. The van der Waals surface area contributed by atoms with Crippen LogP contribution in [0.25, 0.3) is 11.2 Å². The minimum Gasteiger partial charge on any atom is -0.473 e. The Hall–Kier alpha value is -3.43. The summed E-state index contributed by atoms with van der Waals surface area (Å²) in [4.78, 5) is 30.2. The van der Waals surface area contributed by atoms with E-state index >= 15 is 0 Å². The van der Waals surface area contributed by atoms with Crippen LogP contribution in [0.2, 0.25) is 0 Å². The van der Waals surface area contributed by atoms with Gasteiger partial charge in [-0.25, -0.2) is 24.1 Å².